The second-order valence-corrected chi connectivity index (χ2v) is 2.25. The molecule has 0 atom stereocenters. The first-order valence-electron chi connectivity index (χ1n) is 1.40. The van der Waals surface area contributed by atoms with E-state index in [2.05, 4.69) is 23.2 Å². The van der Waals surface area contributed by atoms with Crippen LogP contribution < -0.4 is 0 Å². The van der Waals surface area contributed by atoms with E-state index >= 15 is 0 Å². The molecule has 0 saturated carbocycles. The fraction of sp³-hybridized carbons (Fsp3) is 1.00. The molecule has 0 aliphatic rings. The lowest BCUT2D eigenvalue weighted by Crippen LogP contribution is -2.32. The Balaban J connectivity index is 4.02. The van der Waals surface area contributed by atoms with Gasteiger partial charge in [0.15, 0.2) is 0 Å². The van der Waals surface area contributed by atoms with Crippen LogP contribution in [0.5, 0.6) is 0 Å². The van der Waals surface area contributed by atoms with Gasteiger partial charge >= 0.3 is 10.7 Å². The molecule has 49 valence electrons. The van der Waals surface area contributed by atoms with Crippen LogP contribution in [0.1, 0.15) is 0 Å². The van der Waals surface area contributed by atoms with Crippen LogP contribution in [0, 0.1) is 0 Å². The van der Waals surface area contributed by atoms with Gasteiger partial charge in [-0.1, -0.05) is 23.2 Å². The molecule has 0 heterocycles. The average Bonchev–Trinajstić information content (AvgIpc) is 1.25. The Bertz CT molecular complexity index is 70.3. The van der Waals surface area contributed by atoms with Gasteiger partial charge in [-0.15, -0.1) is 0 Å². The molecular formula is C2Cl2F3O. The zero-order chi connectivity index (χ0) is 7.00. The summed E-state index contributed by atoms with van der Waals surface area (Å²) in [5.41, 5.74) is 0. The molecular weight excluding hydrogens is 168 g/mol. The number of halogens is 5. The van der Waals surface area contributed by atoms with Crippen molar-refractivity contribution in [3.05, 3.63) is 0 Å². The zero-order valence-electron chi connectivity index (χ0n) is 3.30. The number of rotatable bonds is 1. The molecule has 0 spiro atoms. The maximum Gasteiger partial charge on any atom is 0.444 e. The summed E-state index contributed by atoms with van der Waals surface area (Å²) in [5.74, 6) is 0. The van der Waals surface area contributed by atoms with Gasteiger partial charge < -0.3 is 0 Å². The van der Waals surface area contributed by atoms with E-state index in [-0.39, 0.29) is 0 Å². The predicted octanol–water partition coefficient (Wildman–Crippen LogP) is 2.11. The fourth-order valence-electron chi connectivity index (χ4n) is 0. The number of alkyl halides is 5. The SMILES string of the molecule is [O]C(F)(F)C(F)(Cl)Cl. The lowest BCUT2D eigenvalue weighted by atomic mass is 10.7. The number of hydrogen-bond donors (Lipinski definition) is 0. The molecule has 0 aromatic heterocycles. The Hall–Kier alpha value is 0.330. The van der Waals surface area contributed by atoms with Crippen molar-refractivity contribution in [3.63, 3.8) is 0 Å². The minimum atomic E-state index is -4.95. The van der Waals surface area contributed by atoms with Crippen molar-refractivity contribution in [3.8, 4) is 0 Å². The summed E-state index contributed by atoms with van der Waals surface area (Å²) in [5, 5.41) is 9.15. The van der Waals surface area contributed by atoms with Crippen molar-refractivity contribution in [2.45, 2.75) is 10.7 Å². The van der Waals surface area contributed by atoms with E-state index in [0.29, 0.717) is 0 Å². The lowest BCUT2D eigenvalue weighted by molar-refractivity contribution is -0.271. The highest BCUT2D eigenvalue weighted by atomic mass is 35.5. The highest BCUT2D eigenvalue weighted by Gasteiger charge is 2.53. The van der Waals surface area contributed by atoms with Gasteiger partial charge in [0.1, 0.15) is 0 Å². The van der Waals surface area contributed by atoms with Crippen LogP contribution in [-0.4, -0.2) is 10.7 Å². The van der Waals surface area contributed by atoms with Crippen LogP contribution in [0.15, 0.2) is 0 Å². The highest BCUT2D eigenvalue weighted by Crippen LogP contribution is 2.37. The van der Waals surface area contributed by atoms with Crippen molar-refractivity contribution >= 4 is 23.2 Å². The third-order valence-corrected chi connectivity index (χ3v) is 0.770. The molecule has 1 nitrogen and oxygen atoms in total. The third-order valence-electron chi connectivity index (χ3n) is 0.330. The average molecular weight is 168 g/mol. The van der Waals surface area contributed by atoms with Crippen LogP contribution in [-0.2, 0) is 5.11 Å². The third kappa shape index (κ3) is 2.07. The van der Waals surface area contributed by atoms with E-state index in [1.807, 2.05) is 0 Å². The normalized spacial score (nSPS) is 14.2. The summed E-state index contributed by atoms with van der Waals surface area (Å²) >= 11 is 8.09. The van der Waals surface area contributed by atoms with Crippen LogP contribution in [0.4, 0.5) is 13.2 Å². The van der Waals surface area contributed by atoms with Gasteiger partial charge in [0, 0.05) is 0 Å². The van der Waals surface area contributed by atoms with Gasteiger partial charge in [0.2, 0.25) is 0 Å². The minimum absolute atomic E-state index is 4.01. The molecule has 0 unspecified atom stereocenters. The molecule has 0 aromatic rings. The van der Waals surface area contributed by atoms with Gasteiger partial charge in [0.05, 0.1) is 0 Å². The van der Waals surface area contributed by atoms with E-state index in [4.69, 9.17) is 5.11 Å². The summed E-state index contributed by atoms with van der Waals surface area (Å²) in [6, 6.07) is 0. The molecule has 0 aromatic carbocycles. The molecule has 0 saturated heterocycles. The smallest absolute Gasteiger partial charge is 0.198 e. The molecule has 0 N–H and O–H groups in total. The van der Waals surface area contributed by atoms with Crippen LogP contribution in [0.2, 0.25) is 0 Å². The standard InChI is InChI=1S/C2Cl2F3O/c3-1(4,5)2(6,7)8. The van der Waals surface area contributed by atoms with Crippen LogP contribution in [0.25, 0.3) is 0 Å². The summed E-state index contributed by atoms with van der Waals surface area (Å²) in [6.07, 6.45) is -4.95. The first-order valence-corrected chi connectivity index (χ1v) is 2.15. The molecule has 0 fully saturated rings. The zero-order valence-corrected chi connectivity index (χ0v) is 4.81. The molecule has 8 heavy (non-hydrogen) atoms. The molecule has 0 rings (SSSR count). The largest absolute Gasteiger partial charge is 0.444 e. The highest BCUT2D eigenvalue weighted by molar-refractivity contribution is 6.47. The first kappa shape index (κ1) is 8.33. The van der Waals surface area contributed by atoms with E-state index in [1.54, 1.807) is 0 Å². The fourth-order valence-corrected chi connectivity index (χ4v) is 0. The van der Waals surface area contributed by atoms with Gasteiger partial charge in [-0.05, 0) is 0 Å². The predicted molar refractivity (Wildman–Crippen MR) is 21.2 cm³/mol. The maximum absolute atomic E-state index is 11.4. The van der Waals surface area contributed by atoms with E-state index in [1.165, 1.54) is 0 Å². The minimum Gasteiger partial charge on any atom is -0.198 e. The first-order chi connectivity index (χ1) is 3.25. The van der Waals surface area contributed by atoms with E-state index in [9.17, 15) is 13.2 Å². The topological polar surface area (TPSA) is 19.9 Å². The van der Waals surface area contributed by atoms with E-state index in [0.717, 1.165) is 0 Å². The number of hydrogen-bond acceptors (Lipinski definition) is 0. The van der Waals surface area contributed by atoms with Crippen molar-refractivity contribution in [1.29, 1.82) is 0 Å². The van der Waals surface area contributed by atoms with Crippen molar-refractivity contribution in [2.75, 3.05) is 0 Å². The summed E-state index contributed by atoms with van der Waals surface area (Å²) in [4.78, 5) is 0. The molecule has 6 heteroatoms. The van der Waals surface area contributed by atoms with Gasteiger partial charge in [0.25, 0.3) is 0 Å². The quantitative estimate of drug-likeness (QED) is 0.534. The van der Waals surface area contributed by atoms with Crippen molar-refractivity contribution < 1.29 is 18.3 Å². The molecule has 0 bridgehead atoms. The Kier molecular flexibility index (Phi) is 2.01. The lowest BCUT2D eigenvalue weighted by Gasteiger charge is -2.12. The second kappa shape index (κ2) is 1.93. The van der Waals surface area contributed by atoms with Crippen LogP contribution >= 0.6 is 23.2 Å². The van der Waals surface area contributed by atoms with Crippen molar-refractivity contribution in [2.24, 2.45) is 0 Å². The van der Waals surface area contributed by atoms with Crippen molar-refractivity contribution in [1.82, 2.24) is 0 Å². The Labute approximate surface area is 53.0 Å². The Morgan fingerprint density at radius 3 is 1.25 bits per heavy atom. The van der Waals surface area contributed by atoms with Gasteiger partial charge in [-0.25, -0.2) is 0 Å². The van der Waals surface area contributed by atoms with Gasteiger partial charge in [-0.3, -0.25) is 0 Å². The maximum atomic E-state index is 11.4. The molecule has 0 aliphatic heterocycles. The molecule has 0 amide bonds. The Morgan fingerprint density at radius 1 is 1.12 bits per heavy atom. The molecule has 0 aliphatic carbocycles. The van der Waals surface area contributed by atoms with Crippen LogP contribution in [0.3, 0.4) is 0 Å². The summed E-state index contributed by atoms with van der Waals surface area (Å²) in [6.45, 7) is 0. The molecule has 1 radical (unpaired) electrons. The Morgan fingerprint density at radius 2 is 1.25 bits per heavy atom. The second-order valence-electron chi connectivity index (χ2n) is 1.01. The van der Waals surface area contributed by atoms with Gasteiger partial charge in [-0.2, -0.15) is 18.3 Å². The summed E-state index contributed by atoms with van der Waals surface area (Å²) in [7, 11) is 0. The summed E-state index contributed by atoms with van der Waals surface area (Å²) < 4.78 is 29.4. The van der Waals surface area contributed by atoms with E-state index < -0.39 is 10.7 Å². The monoisotopic (exact) mass is 167 g/mol.